The molecule has 1 aromatic heterocycles. The molecule has 0 atom stereocenters. The largest absolute Gasteiger partial charge is 0.493 e. The van der Waals surface area contributed by atoms with E-state index in [1.807, 2.05) is 62.6 Å². The number of hydrogen-bond acceptors (Lipinski definition) is 6. The number of halogens is 1. The van der Waals surface area contributed by atoms with Crippen LogP contribution in [0.1, 0.15) is 12.0 Å². The number of fused-ring (bicyclic) bond motifs is 1. The Morgan fingerprint density at radius 2 is 1.74 bits per heavy atom. The highest BCUT2D eigenvalue weighted by Crippen LogP contribution is 2.37. The number of benzene rings is 2. The molecule has 0 aliphatic carbocycles. The molecule has 0 saturated heterocycles. The fourth-order valence-corrected chi connectivity index (χ4v) is 4.03. The molecule has 31 heavy (non-hydrogen) atoms. The Morgan fingerprint density at radius 3 is 2.39 bits per heavy atom. The van der Waals surface area contributed by atoms with Crippen molar-refractivity contribution in [3.05, 3.63) is 54.1 Å². The minimum absolute atomic E-state index is 0. The maximum absolute atomic E-state index is 13.1. The van der Waals surface area contributed by atoms with Crippen molar-refractivity contribution in [1.82, 2.24) is 9.88 Å². The van der Waals surface area contributed by atoms with Crippen LogP contribution in [-0.2, 0) is 4.79 Å². The first-order valence-electron chi connectivity index (χ1n) is 9.73. The average molecular weight is 462 g/mol. The molecule has 166 valence electrons. The molecule has 0 saturated carbocycles. The topological polar surface area (TPSA) is 54.9 Å². The second-order valence-corrected chi connectivity index (χ2v) is 8.07. The van der Waals surface area contributed by atoms with Crippen LogP contribution < -0.4 is 14.4 Å². The van der Waals surface area contributed by atoms with Gasteiger partial charge in [0.15, 0.2) is 16.6 Å². The number of carbonyl (C=O) groups excluding carboxylic acids is 1. The first-order chi connectivity index (χ1) is 14.5. The van der Waals surface area contributed by atoms with E-state index in [4.69, 9.17) is 14.5 Å². The van der Waals surface area contributed by atoms with Crippen LogP contribution in [0.5, 0.6) is 11.5 Å². The van der Waals surface area contributed by atoms with Crippen LogP contribution in [0.4, 0.5) is 5.13 Å². The van der Waals surface area contributed by atoms with Crippen molar-refractivity contribution in [1.29, 1.82) is 0 Å². The van der Waals surface area contributed by atoms with Gasteiger partial charge in [-0.2, -0.15) is 0 Å². The predicted octanol–water partition coefficient (Wildman–Crippen LogP) is 4.73. The number of hydrogen-bond donors (Lipinski definition) is 0. The number of methoxy groups -OCH3 is 2. The number of rotatable bonds is 9. The molecule has 0 aliphatic heterocycles. The number of nitrogens with zero attached hydrogens (tertiary/aromatic N) is 3. The first kappa shape index (κ1) is 24.7. The summed E-state index contributed by atoms with van der Waals surface area (Å²) in [4.78, 5) is 21.6. The highest BCUT2D eigenvalue weighted by molar-refractivity contribution is 7.22. The molecule has 1 amide bonds. The third-order valence-corrected chi connectivity index (χ3v) is 5.63. The summed E-state index contributed by atoms with van der Waals surface area (Å²) in [6, 6.07) is 13.5. The van der Waals surface area contributed by atoms with Gasteiger partial charge in [0.1, 0.15) is 0 Å². The molecular formula is C23H28ClN3O3S. The summed E-state index contributed by atoms with van der Waals surface area (Å²) in [6.07, 6.45) is 4.29. The average Bonchev–Trinajstić information content (AvgIpc) is 3.16. The van der Waals surface area contributed by atoms with Crippen molar-refractivity contribution in [3.63, 3.8) is 0 Å². The van der Waals surface area contributed by atoms with Crippen LogP contribution >= 0.6 is 23.7 Å². The van der Waals surface area contributed by atoms with Gasteiger partial charge in [0, 0.05) is 24.8 Å². The zero-order valence-corrected chi connectivity index (χ0v) is 19.8. The smallest absolute Gasteiger partial charge is 0.252 e. The quantitative estimate of drug-likeness (QED) is 0.431. The Labute approximate surface area is 193 Å². The predicted molar refractivity (Wildman–Crippen MR) is 131 cm³/mol. The molecule has 3 aromatic rings. The van der Waals surface area contributed by atoms with E-state index in [1.54, 1.807) is 25.2 Å². The van der Waals surface area contributed by atoms with Gasteiger partial charge in [0.05, 0.1) is 24.4 Å². The number of ether oxygens (including phenoxy) is 2. The maximum Gasteiger partial charge on any atom is 0.252 e. The Morgan fingerprint density at radius 1 is 1.06 bits per heavy atom. The van der Waals surface area contributed by atoms with Crippen LogP contribution in [0.2, 0.25) is 0 Å². The molecule has 0 bridgehead atoms. The Hall–Kier alpha value is -2.61. The minimum atomic E-state index is -0.0874. The summed E-state index contributed by atoms with van der Waals surface area (Å²) in [6.45, 7) is 1.48. The molecule has 0 spiro atoms. The lowest BCUT2D eigenvalue weighted by atomic mass is 10.2. The molecule has 8 heteroatoms. The van der Waals surface area contributed by atoms with Gasteiger partial charge in [-0.05, 0) is 38.7 Å². The van der Waals surface area contributed by atoms with Crippen molar-refractivity contribution in [2.24, 2.45) is 0 Å². The summed E-state index contributed by atoms with van der Waals surface area (Å²) in [5.41, 5.74) is 1.77. The third kappa shape index (κ3) is 6.43. The van der Waals surface area contributed by atoms with E-state index in [-0.39, 0.29) is 18.3 Å². The van der Waals surface area contributed by atoms with Crippen LogP contribution in [0.3, 0.4) is 0 Å². The van der Waals surface area contributed by atoms with Gasteiger partial charge in [-0.15, -0.1) is 12.4 Å². The highest BCUT2D eigenvalue weighted by Gasteiger charge is 2.19. The van der Waals surface area contributed by atoms with Gasteiger partial charge in [-0.3, -0.25) is 9.69 Å². The van der Waals surface area contributed by atoms with Gasteiger partial charge < -0.3 is 14.4 Å². The summed E-state index contributed by atoms with van der Waals surface area (Å²) in [5.74, 6) is 1.18. The van der Waals surface area contributed by atoms with Crippen molar-refractivity contribution in [2.45, 2.75) is 6.42 Å². The van der Waals surface area contributed by atoms with Crippen LogP contribution in [0.15, 0.2) is 48.5 Å². The second-order valence-electron chi connectivity index (χ2n) is 7.06. The van der Waals surface area contributed by atoms with Crippen molar-refractivity contribution >= 4 is 51.1 Å². The summed E-state index contributed by atoms with van der Waals surface area (Å²) in [7, 11) is 7.26. The molecule has 0 N–H and O–H groups in total. The van der Waals surface area contributed by atoms with E-state index < -0.39 is 0 Å². The Bertz CT molecular complexity index is 981. The van der Waals surface area contributed by atoms with Crippen LogP contribution in [-0.4, -0.2) is 57.2 Å². The molecular weight excluding hydrogens is 434 g/mol. The summed E-state index contributed by atoms with van der Waals surface area (Å²) < 4.78 is 11.7. The lowest BCUT2D eigenvalue weighted by molar-refractivity contribution is -0.114. The zero-order valence-electron chi connectivity index (χ0n) is 18.2. The van der Waals surface area contributed by atoms with Crippen molar-refractivity contribution < 1.29 is 14.3 Å². The molecule has 2 aromatic carbocycles. The lowest BCUT2D eigenvalue weighted by Crippen LogP contribution is -2.32. The van der Waals surface area contributed by atoms with Crippen molar-refractivity contribution in [2.75, 3.05) is 46.3 Å². The van der Waals surface area contributed by atoms with Gasteiger partial charge in [-0.25, -0.2) is 4.98 Å². The minimum Gasteiger partial charge on any atom is -0.493 e. The fourth-order valence-electron chi connectivity index (χ4n) is 3.03. The molecule has 0 radical (unpaired) electrons. The molecule has 0 unspecified atom stereocenters. The normalized spacial score (nSPS) is 11.0. The van der Waals surface area contributed by atoms with Crippen LogP contribution in [0, 0.1) is 0 Å². The van der Waals surface area contributed by atoms with Gasteiger partial charge in [-0.1, -0.05) is 41.7 Å². The van der Waals surface area contributed by atoms with E-state index in [0.29, 0.717) is 23.2 Å². The van der Waals surface area contributed by atoms with E-state index in [9.17, 15) is 4.79 Å². The number of amides is 1. The molecule has 0 fully saturated rings. The van der Waals surface area contributed by atoms with E-state index in [1.165, 1.54) is 11.3 Å². The maximum atomic E-state index is 13.1. The molecule has 1 heterocycles. The number of thiazole rings is 1. The van der Waals surface area contributed by atoms with Gasteiger partial charge in [0.2, 0.25) is 0 Å². The number of anilines is 1. The zero-order chi connectivity index (χ0) is 21.5. The van der Waals surface area contributed by atoms with Crippen molar-refractivity contribution in [3.8, 4) is 11.5 Å². The Kier molecular flexibility index (Phi) is 9.30. The fraction of sp³-hybridized carbons (Fsp3) is 0.304. The first-order valence-corrected chi connectivity index (χ1v) is 10.6. The Balaban J connectivity index is 0.00000341. The van der Waals surface area contributed by atoms with Crippen LogP contribution in [0.25, 0.3) is 16.3 Å². The lowest BCUT2D eigenvalue weighted by Gasteiger charge is -2.19. The van der Waals surface area contributed by atoms with E-state index >= 15 is 0 Å². The number of carbonyl (C=O) groups is 1. The molecule has 6 nitrogen and oxygen atoms in total. The monoisotopic (exact) mass is 461 g/mol. The highest BCUT2D eigenvalue weighted by atomic mass is 35.5. The standard InChI is InChI=1S/C23H27N3O3S.ClH/c1-25(2)13-8-14-26(22(27)12-11-17-9-6-5-7-10-17)23-24-18-15-19(28-3)20(29-4)16-21(18)30-23;/h5-7,9-12,15-16H,8,13-14H2,1-4H3;1H. The number of aromatic nitrogens is 1. The molecule has 3 rings (SSSR count). The summed E-state index contributed by atoms with van der Waals surface area (Å²) >= 11 is 1.47. The van der Waals surface area contributed by atoms with Gasteiger partial charge in [0.25, 0.3) is 5.91 Å². The second kappa shape index (κ2) is 11.7. The SMILES string of the molecule is COc1cc2nc(N(CCCN(C)C)C(=O)C=Cc3ccccc3)sc2cc1OC.Cl. The summed E-state index contributed by atoms with van der Waals surface area (Å²) in [5, 5.41) is 0.668. The third-order valence-electron chi connectivity index (χ3n) is 4.58. The van der Waals surface area contributed by atoms with Gasteiger partial charge >= 0.3 is 0 Å². The van der Waals surface area contributed by atoms with E-state index in [2.05, 4.69) is 4.90 Å². The van der Waals surface area contributed by atoms with E-state index in [0.717, 1.165) is 28.7 Å². The molecule has 0 aliphatic rings.